The minimum atomic E-state index is -0.475. The van der Waals surface area contributed by atoms with Crippen molar-refractivity contribution in [2.24, 2.45) is 0 Å². The van der Waals surface area contributed by atoms with E-state index in [1.807, 2.05) is 48.5 Å². The molecule has 2 aromatic carbocycles. The Labute approximate surface area is 165 Å². The highest BCUT2D eigenvalue weighted by Gasteiger charge is 2.42. The second kappa shape index (κ2) is 8.77. The summed E-state index contributed by atoms with van der Waals surface area (Å²) in [7, 11) is 3.29. The van der Waals surface area contributed by atoms with Gasteiger partial charge in [-0.25, -0.2) is 0 Å². The molecular weight excluding hydrogens is 362 g/mol. The van der Waals surface area contributed by atoms with Crippen LogP contribution in [0.15, 0.2) is 48.5 Å². The number of hydrogen-bond acceptors (Lipinski definition) is 3. The van der Waals surface area contributed by atoms with Crippen molar-refractivity contribution in [3.8, 4) is 5.75 Å². The molecule has 0 saturated heterocycles. The second-order valence-electron chi connectivity index (χ2n) is 7.01. The van der Waals surface area contributed by atoms with E-state index in [1.54, 1.807) is 14.2 Å². The molecule has 1 aliphatic rings. The monoisotopic (exact) mass is 387 g/mol. The van der Waals surface area contributed by atoms with Crippen LogP contribution in [0, 0.1) is 0 Å². The highest BCUT2D eigenvalue weighted by atomic mass is 35.5. The van der Waals surface area contributed by atoms with E-state index >= 15 is 0 Å². The first-order valence-corrected chi connectivity index (χ1v) is 9.68. The van der Waals surface area contributed by atoms with Gasteiger partial charge < -0.3 is 14.8 Å². The van der Waals surface area contributed by atoms with Crippen molar-refractivity contribution in [2.75, 3.05) is 20.8 Å². The molecule has 27 heavy (non-hydrogen) atoms. The lowest BCUT2D eigenvalue weighted by Crippen LogP contribution is -2.44. The van der Waals surface area contributed by atoms with Crippen molar-refractivity contribution < 1.29 is 14.3 Å². The Kier molecular flexibility index (Phi) is 6.40. The van der Waals surface area contributed by atoms with Gasteiger partial charge in [0.25, 0.3) is 0 Å². The van der Waals surface area contributed by atoms with Crippen LogP contribution in [0.4, 0.5) is 0 Å². The number of methoxy groups -OCH3 is 2. The van der Waals surface area contributed by atoms with Crippen molar-refractivity contribution in [1.29, 1.82) is 0 Å². The summed E-state index contributed by atoms with van der Waals surface area (Å²) >= 11 is 6.03. The Morgan fingerprint density at radius 3 is 2.48 bits per heavy atom. The molecular formula is C22H26ClNO3. The predicted octanol–water partition coefficient (Wildman–Crippen LogP) is 4.66. The minimum absolute atomic E-state index is 0.0623. The van der Waals surface area contributed by atoms with E-state index in [0.717, 1.165) is 42.6 Å². The largest absolute Gasteiger partial charge is 0.497 e. The van der Waals surface area contributed by atoms with E-state index < -0.39 is 5.41 Å². The first kappa shape index (κ1) is 19.7. The summed E-state index contributed by atoms with van der Waals surface area (Å²) in [4.78, 5) is 13.2. The van der Waals surface area contributed by atoms with Crippen LogP contribution >= 0.6 is 11.6 Å². The Morgan fingerprint density at radius 2 is 1.85 bits per heavy atom. The molecule has 1 N–H and O–H groups in total. The molecule has 0 spiro atoms. The van der Waals surface area contributed by atoms with Crippen LogP contribution in [0.5, 0.6) is 5.75 Å². The van der Waals surface area contributed by atoms with Crippen molar-refractivity contribution in [3.05, 3.63) is 64.7 Å². The third-order valence-electron chi connectivity index (χ3n) is 5.49. The number of hydrogen-bond donors (Lipinski definition) is 1. The van der Waals surface area contributed by atoms with Gasteiger partial charge in [0.05, 0.1) is 18.6 Å². The molecule has 5 heteroatoms. The molecule has 1 atom stereocenters. The van der Waals surface area contributed by atoms with Crippen LogP contribution in [0.25, 0.3) is 0 Å². The van der Waals surface area contributed by atoms with E-state index in [2.05, 4.69) is 5.32 Å². The number of benzene rings is 2. The third-order valence-corrected chi connectivity index (χ3v) is 5.74. The summed E-state index contributed by atoms with van der Waals surface area (Å²) in [6.07, 6.45) is 3.60. The summed E-state index contributed by atoms with van der Waals surface area (Å²) < 4.78 is 10.9. The van der Waals surface area contributed by atoms with E-state index in [0.29, 0.717) is 11.6 Å². The van der Waals surface area contributed by atoms with Crippen LogP contribution in [0.1, 0.15) is 42.9 Å². The van der Waals surface area contributed by atoms with Crippen molar-refractivity contribution in [2.45, 2.75) is 37.2 Å². The van der Waals surface area contributed by atoms with Gasteiger partial charge in [-0.15, -0.1) is 0 Å². The number of amides is 1. The zero-order valence-corrected chi connectivity index (χ0v) is 16.6. The van der Waals surface area contributed by atoms with Gasteiger partial charge in [0.2, 0.25) is 5.91 Å². The fourth-order valence-corrected chi connectivity index (χ4v) is 4.05. The fourth-order valence-electron chi connectivity index (χ4n) is 3.93. The Morgan fingerprint density at radius 1 is 1.15 bits per heavy atom. The zero-order valence-electron chi connectivity index (χ0n) is 15.8. The molecule has 0 heterocycles. The number of carbonyl (C=O) groups is 1. The van der Waals surface area contributed by atoms with Crippen LogP contribution in [0.2, 0.25) is 5.02 Å². The van der Waals surface area contributed by atoms with Crippen LogP contribution in [-0.2, 0) is 14.9 Å². The molecule has 0 aliphatic heterocycles. The van der Waals surface area contributed by atoms with E-state index in [9.17, 15) is 4.79 Å². The van der Waals surface area contributed by atoms with Gasteiger partial charge in [-0.2, -0.15) is 0 Å². The van der Waals surface area contributed by atoms with Crippen molar-refractivity contribution in [1.82, 2.24) is 5.32 Å². The maximum atomic E-state index is 13.2. The Balaban J connectivity index is 1.74. The maximum Gasteiger partial charge on any atom is 0.230 e. The van der Waals surface area contributed by atoms with Gasteiger partial charge in [-0.1, -0.05) is 48.7 Å². The van der Waals surface area contributed by atoms with Crippen LogP contribution in [-0.4, -0.2) is 26.7 Å². The molecule has 144 valence electrons. The summed E-state index contributed by atoms with van der Waals surface area (Å²) in [5.74, 6) is 0.835. The van der Waals surface area contributed by atoms with Gasteiger partial charge in [0.1, 0.15) is 5.75 Å². The second-order valence-corrected chi connectivity index (χ2v) is 7.44. The third kappa shape index (κ3) is 4.28. The van der Waals surface area contributed by atoms with Gasteiger partial charge in [0, 0.05) is 18.7 Å². The lowest BCUT2D eigenvalue weighted by atomic mass is 9.78. The fraction of sp³-hybridized carbons (Fsp3) is 0.409. The smallest absolute Gasteiger partial charge is 0.230 e. The summed E-state index contributed by atoms with van der Waals surface area (Å²) in [6, 6.07) is 15.4. The lowest BCUT2D eigenvalue weighted by molar-refractivity contribution is -0.127. The molecule has 0 aromatic heterocycles. The zero-order chi connectivity index (χ0) is 19.3. The molecule has 0 unspecified atom stereocenters. The predicted molar refractivity (Wildman–Crippen MR) is 107 cm³/mol. The number of ether oxygens (including phenoxy) is 2. The molecule has 2 aromatic rings. The van der Waals surface area contributed by atoms with E-state index in [4.69, 9.17) is 21.1 Å². The highest BCUT2D eigenvalue weighted by molar-refractivity contribution is 6.30. The summed E-state index contributed by atoms with van der Waals surface area (Å²) in [6.45, 7) is 0.415. The van der Waals surface area contributed by atoms with Crippen molar-refractivity contribution in [3.63, 3.8) is 0 Å². The minimum Gasteiger partial charge on any atom is -0.497 e. The van der Waals surface area contributed by atoms with E-state index in [-0.39, 0.29) is 12.0 Å². The molecule has 3 rings (SSSR count). The number of rotatable bonds is 7. The van der Waals surface area contributed by atoms with Gasteiger partial charge in [0.15, 0.2) is 0 Å². The molecule has 1 saturated carbocycles. The van der Waals surface area contributed by atoms with Gasteiger partial charge in [-0.05, 0) is 48.2 Å². The topological polar surface area (TPSA) is 47.6 Å². The molecule has 0 radical (unpaired) electrons. The van der Waals surface area contributed by atoms with E-state index in [1.165, 1.54) is 0 Å². The maximum absolute atomic E-state index is 13.2. The molecule has 4 nitrogen and oxygen atoms in total. The van der Waals surface area contributed by atoms with Gasteiger partial charge >= 0.3 is 0 Å². The quantitative estimate of drug-likeness (QED) is 0.751. The SMILES string of the molecule is COc1cccc([C@@H](CNC(=O)C2(c3ccc(Cl)cc3)CCCC2)OC)c1. The average Bonchev–Trinajstić information content (AvgIpc) is 3.20. The van der Waals surface area contributed by atoms with Crippen molar-refractivity contribution >= 4 is 17.5 Å². The normalized spacial score (nSPS) is 16.7. The van der Waals surface area contributed by atoms with Crippen LogP contribution < -0.4 is 10.1 Å². The summed E-state index contributed by atoms with van der Waals surface area (Å²) in [5, 5.41) is 3.81. The number of nitrogens with one attached hydrogen (secondary N) is 1. The standard InChI is InChI=1S/C22H26ClNO3/c1-26-19-7-5-6-16(14-19)20(27-2)15-24-21(25)22(12-3-4-13-22)17-8-10-18(23)11-9-17/h5-11,14,20H,3-4,12-13,15H2,1-2H3,(H,24,25)/t20-/m1/s1. The molecule has 1 aliphatic carbocycles. The molecule has 1 fully saturated rings. The highest BCUT2D eigenvalue weighted by Crippen LogP contribution is 2.41. The molecule has 1 amide bonds. The summed E-state index contributed by atoms with van der Waals surface area (Å²) in [5.41, 5.74) is 1.54. The number of halogens is 1. The Hall–Kier alpha value is -2.04. The average molecular weight is 388 g/mol. The first-order chi connectivity index (χ1) is 13.1. The number of carbonyl (C=O) groups excluding carboxylic acids is 1. The first-order valence-electron chi connectivity index (χ1n) is 9.30. The molecule has 0 bridgehead atoms. The lowest BCUT2D eigenvalue weighted by Gasteiger charge is -2.29. The van der Waals surface area contributed by atoms with Gasteiger partial charge in [-0.3, -0.25) is 4.79 Å². The Bertz CT molecular complexity index is 769. The van der Waals surface area contributed by atoms with Crippen LogP contribution in [0.3, 0.4) is 0 Å².